The third-order valence-electron chi connectivity index (χ3n) is 2.28. The fourth-order valence-electron chi connectivity index (χ4n) is 1.70. The molecule has 1 aliphatic rings. The Bertz CT molecular complexity index is 403. The summed E-state index contributed by atoms with van der Waals surface area (Å²) in [5.74, 6) is -0.171. The standard InChI is InChI=1S/C10H9BrFNO/c1-14-13-10-3-2-7-8(10)4-6(11)5-9(7)12/h4-5H,2-3H2,1H3/b13-10-. The Morgan fingerprint density at radius 2 is 2.21 bits per heavy atom. The molecule has 0 N–H and O–H groups in total. The van der Waals surface area contributed by atoms with Crippen LogP contribution in [0.5, 0.6) is 0 Å². The maximum atomic E-state index is 13.4. The Hall–Kier alpha value is -0.900. The topological polar surface area (TPSA) is 21.6 Å². The predicted molar refractivity (Wildman–Crippen MR) is 56.0 cm³/mol. The lowest BCUT2D eigenvalue weighted by atomic mass is 10.1. The van der Waals surface area contributed by atoms with Crippen molar-refractivity contribution in [3.8, 4) is 0 Å². The van der Waals surface area contributed by atoms with Gasteiger partial charge in [0.1, 0.15) is 12.9 Å². The van der Waals surface area contributed by atoms with Gasteiger partial charge in [-0.25, -0.2) is 4.39 Å². The third kappa shape index (κ3) is 1.54. The molecule has 1 aliphatic carbocycles. The number of hydrogen-bond acceptors (Lipinski definition) is 2. The van der Waals surface area contributed by atoms with E-state index in [9.17, 15) is 4.39 Å². The molecule has 74 valence electrons. The minimum Gasteiger partial charge on any atom is -0.399 e. The van der Waals surface area contributed by atoms with Crippen LogP contribution < -0.4 is 0 Å². The Morgan fingerprint density at radius 1 is 1.43 bits per heavy atom. The van der Waals surface area contributed by atoms with E-state index in [-0.39, 0.29) is 5.82 Å². The molecule has 0 aliphatic heterocycles. The van der Waals surface area contributed by atoms with Crippen LogP contribution in [0.25, 0.3) is 0 Å². The lowest BCUT2D eigenvalue weighted by molar-refractivity contribution is 0.213. The van der Waals surface area contributed by atoms with Gasteiger partial charge in [-0.1, -0.05) is 21.1 Å². The highest BCUT2D eigenvalue weighted by atomic mass is 79.9. The summed E-state index contributed by atoms with van der Waals surface area (Å²) in [5, 5.41) is 3.88. The Balaban J connectivity index is 2.54. The zero-order valence-electron chi connectivity index (χ0n) is 7.68. The van der Waals surface area contributed by atoms with Crippen LogP contribution in [-0.2, 0) is 11.3 Å². The minimum absolute atomic E-state index is 0.171. The monoisotopic (exact) mass is 257 g/mol. The molecule has 0 saturated carbocycles. The van der Waals surface area contributed by atoms with Crippen LogP contribution in [0.3, 0.4) is 0 Å². The first-order valence-corrected chi connectivity index (χ1v) is 5.10. The van der Waals surface area contributed by atoms with Crippen LogP contribution in [-0.4, -0.2) is 12.8 Å². The van der Waals surface area contributed by atoms with Crippen molar-refractivity contribution >= 4 is 21.6 Å². The van der Waals surface area contributed by atoms with Gasteiger partial charge in [-0.15, -0.1) is 0 Å². The first-order chi connectivity index (χ1) is 6.72. The molecule has 0 fully saturated rings. The van der Waals surface area contributed by atoms with Gasteiger partial charge in [0.25, 0.3) is 0 Å². The second-order valence-electron chi connectivity index (χ2n) is 3.13. The summed E-state index contributed by atoms with van der Waals surface area (Å²) in [5.41, 5.74) is 2.42. The molecule has 0 heterocycles. The fourth-order valence-corrected chi connectivity index (χ4v) is 2.13. The van der Waals surface area contributed by atoms with E-state index in [1.165, 1.54) is 13.2 Å². The molecule has 0 spiro atoms. The van der Waals surface area contributed by atoms with E-state index in [0.717, 1.165) is 27.7 Å². The summed E-state index contributed by atoms with van der Waals surface area (Å²) in [7, 11) is 1.50. The molecule has 4 heteroatoms. The summed E-state index contributed by atoms with van der Waals surface area (Å²) < 4.78 is 14.2. The molecule has 14 heavy (non-hydrogen) atoms. The van der Waals surface area contributed by atoms with E-state index < -0.39 is 0 Å². The van der Waals surface area contributed by atoms with E-state index in [1.807, 2.05) is 6.07 Å². The molecule has 0 atom stereocenters. The van der Waals surface area contributed by atoms with Crippen molar-refractivity contribution in [1.29, 1.82) is 0 Å². The van der Waals surface area contributed by atoms with E-state index in [0.29, 0.717) is 6.42 Å². The number of rotatable bonds is 1. The average molecular weight is 258 g/mol. The Morgan fingerprint density at radius 3 is 2.93 bits per heavy atom. The summed E-state index contributed by atoms with van der Waals surface area (Å²) >= 11 is 3.26. The van der Waals surface area contributed by atoms with Crippen LogP contribution in [0.15, 0.2) is 21.8 Å². The van der Waals surface area contributed by atoms with Crippen molar-refractivity contribution in [2.75, 3.05) is 7.11 Å². The van der Waals surface area contributed by atoms with E-state index in [1.54, 1.807) is 0 Å². The quantitative estimate of drug-likeness (QED) is 0.710. The number of nitrogens with zero attached hydrogens (tertiary/aromatic N) is 1. The van der Waals surface area contributed by atoms with Gasteiger partial charge in [0, 0.05) is 10.0 Å². The lowest BCUT2D eigenvalue weighted by Crippen LogP contribution is -1.96. The first kappa shape index (κ1) is 9.65. The average Bonchev–Trinajstić information content (AvgIpc) is 2.49. The van der Waals surface area contributed by atoms with Crippen LogP contribution in [0.4, 0.5) is 4.39 Å². The molecule has 1 aromatic rings. The summed E-state index contributed by atoms with van der Waals surface area (Å²) in [6.07, 6.45) is 1.45. The first-order valence-electron chi connectivity index (χ1n) is 4.30. The molecule has 2 rings (SSSR count). The van der Waals surface area contributed by atoms with Gasteiger partial charge in [0.05, 0.1) is 5.71 Å². The fraction of sp³-hybridized carbons (Fsp3) is 0.300. The van der Waals surface area contributed by atoms with Gasteiger partial charge >= 0.3 is 0 Å². The van der Waals surface area contributed by atoms with Gasteiger partial charge in [-0.05, 0) is 30.5 Å². The smallest absolute Gasteiger partial charge is 0.128 e. The highest BCUT2D eigenvalue weighted by molar-refractivity contribution is 9.10. The van der Waals surface area contributed by atoms with Crippen molar-refractivity contribution in [3.05, 3.63) is 33.5 Å². The second-order valence-corrected chi connectivity index (χ2v) is 4.05. The molecule has 0 saturated heterocycles. The van der Waals surface area contributed by atoms with E-state index >= 15 is 0 Å². The van der Waals surface area contributed by atoms with Crippen LogP contribution in [0, 0.1) is 5.82 Å². The van der Waals surface area contributed by atoms with Gasteiger partial charge in [-0.3, -0.25) is 0 Å². The molecule has 2 nitrogen and oxygen atoms in total. The van der Waals surface area contributed by atoms with Gasteiger partial charge in [0.15, 0.2) is 0 Å². The minimum atomic E-state index is -0.171. The SMILES string of the molecule is CO/N=C1/CCc2c(F)cc(Br)cc21. The number of fused-ring (bicyclic) bond motifs is 1. The molecule has 0 radical (unpaired) electrons. The predicted octanol–water partition coefficient (Wildman–Crippen LogP) is 2.88. The van der Waals surface area contributed by atoms with E-state index in [4.69, 9.17) is 4.84 Å². The molecule has 0 unspecified atom stereocenters. The number of halogens is 2. The summed E-state index contributed by atoms with van der Waals surface area (Å²) in [6.45, 7) is 0. The molecule has 0 amide bonds. The molecule has 0 aromatic heterocycles. The maximum absolute atomic E-state index is 13.4. The van der Waals surface area contributed by atoms with Crippen LogP contribution in [0.2, 0.25) is 0 Å². The normalized spacial score (nSPS) is 17.2. The zero-order valence-corrected chi connectivity index (χ0v) is 9.27. The highest BCUT2D eigenvalue weighted by Crippen LogP contribution is 2.28. The Labute approximate surface area is 89.9 Å². The molecule has 1 aromatic carbocycles. The molecular weight excluding hydrogens is 249 g/mol. The summed E-state index contributed by atoms with van der Waals surface area (Å²) in [4.78, 5) is 4.71. The van der Waals surface area contributed by atoms with Crippen molar-refractivity contribution < 1.29 is 9.23 Å². The van der Waals surface area contributed by atoms with E-state index in [2.05, 4.69) is 21.1 Å². The third-order valence-corrected chi connectivity index (χ3v) is 2.74. The summed E-state index contributed by atoms with van der Waals surface area (Å²) in [6, 6.07) is 3.36. The van der Waals surface area contributed by atoms with Crippen molar-refractivity contribution in [1.82, 2.24) is 0 Å². The van der Waals surface area contributed by atoms with Crippen molar-refractivity contribution in [2.45, 2.75) is 12.8 Å². The molecule has 0 bridgehead atoms. The number of hydrogen-bond donors (Lipinski definition) is 0. The van der Waals surface area contributed by atoms with Gasteiger partial charge in [-0.2, -0.15) is 0 Å². The highest BCUT2D eigenvalue weighted by Gasteiger charge is 2.22. The van der Waals surface area contributed by atoms with Crippen molar-refractivity contribution in [2.24, 2.45) is 5.16 Å². The largest absolute Gasteiger partial charge is 0.399 e. The zero-order chi connectivity index (χ0) is 10.1. The van der Waals surface area contributed by atoms with Crippen LogP contribution >= 0.6 is 15.9 Å². The molecular formula is C10H9BrFNO. The second kappa shape index (κ2) is 3.69. The maximum Gasteiger partial charge on any atom is 0.128 e. The Kier molecular flexibility index (Phi) is 2.54. The van der Waals surface area contributed by atoms with Gasteiger partial charge < -0.3 is 4.84 Å². The van der Waals surface area contributed by atoms with Gasteiger partial charge in [0.2, 0.25) is 0 Å². The number of benzene rings is 1. The lowest BCUT2D eigenvalue weighted by Gasteiger charge is -2.01. The number of oxime groups is 1. The van der Waals surface area contributed by atoms with Crippen molar-refractivity contribution in [3.63, 3.8) is 0 Å². The van der Waals surface area contributed by atoms with Crippen LogP contribution in [0.1, 0.15) is 17.5 Å².